The van der Waals surface area contributed by atoms with E-state index in [2.05, 4.69) is 18.7 Å². The van der Waals surface area contributed by atoms with Crippen molar-refractivity contribution < 1.29 is 14.3 Å². The van der Waals surface area contributed by atoms with Crippen LogP contribution >= 0.6 is 35.3 Å². The average Bonchev–Trinajstić information content (AvgIpc) is 3.35. The SMILES string of the molecule is CCN(CC)CCN(C(=O)c1ccc(Cl)cc1)c1nc2cc3c(cc2s1)OCO3.Cl. The first kappa shape index (κ1) is 22.6. The number of ether oxygens (including phenoxy) is 2. The summed E-state index contributed by atoms with van der Waals surface area (Å²) in [7, 11) is 0. The fourth-order valence-electron chi connectivity index (χ4n) is 3.23. The van der Waals surface area contributed by atoms with Gasteiger partial charge < -0.3 is 14.4 Å². The summed E-state index contributed by atoms with van der Waals surface area (Å²) in [5.41, 5.74) is 1.38. The second-order valence-corrected chi connectivity index (χ2v) is 8.11. The zero-order chi connectivity index (χ0) is 20.4. The number of carbonyl (C=O) groups is 1. The minimum absolute atomic E-state index is 0. The van der Waals surface area contributed by atoms with Gasteiger partial charge in [0.2, 0.25) is 6.79 Å². The Balaban J connectivity index is 0.00000256. The fraction of sp³-hybridized carbons (Fsp3) is 0.333. The molecule has 0 unspecified atom stereocenters. The number of anilines is 1. The Morgan fingerprint density at radius 3 is 2.43 bits per heavy atom. The number of nitrogens with zero attached hydrogens (tertiary/aromatic N) is 3. The Labute approximate surface area is 190 Å². The Morgan fingerprint density at radius 1 is 1.10 bits per heavy atom. The molecule has 0 bridgehead atoms. The number of likely N-dealkylation sites (N-methyl/N-ethyl adjacent to an activating group) is 1. The maximum atomic E-state index is 13.3. The monoisotopic (exact) mass is 467 g/mol. The summed E-state index contributed by atoms with van der Waals surface area (Å²) in [5, 5.41) is 1.27. The molecule has 2 aromatic carbocycles. The van der Waals surface area contributed by atoms with Gasteiger partial charge in [-0.25, -0.2) is 4.98 Å². The number of amides is 1. The minimum atomic E-state index is -0.0899. The molecule has 0 spiro atoms. The van der Waals surface area contributed by atoms with Crippen molar-refractivity contribution in [2.45, 2.75) is 13.8 Å². The van der Waals surface area contributed by atoms with E-state index in [1.165, 1.54) is 11.3 Å². The van der Waals surface area contributed by atoms with Crippen LogP contribution in [0.1, 0.15) is 24.2 Å². The summed E-state index contributed by atoms with van der Waals surface area (Å²) >= 11 is 7.47. The molecule has 0 saturated carbocycles. The molecule has 0 fully saturated rings. The Kier molecular flexibility index (Phi) is 7.41. The number of fused-ring (bicyclic) bond motifs is 2. The number of thiazole rings is 1. The lowest BCUT2D eigenvalue weighted by molar-refractivity contribution is 0.0984. The number of hydrogen-bond acceptors (Lipinski definition) is 6. The van der Waals surface area contributed by atoms with E-state index in [1.54, 1.807) is 29.2 Å². The molecule has 0 saturated heterocycles. The summed E-state index contributed by atoms with van der Waals surface area (Å²) in [5.74, 6) is 1.31. The maximum Gasteiger partial charge on any atom is 0.260 e. The molecule has 0 atom stereocenters. The largest absolute Gasteiger partial charge is 0.454 e. The number of benzene rings is 2. The third-order valence-corrected chi connectivity index (χ3v) is 6.27. The van der Waals surface area contributed by atoms with Crippen LogP contribution in [0.2, 0.25) is 5.02 Å². The van der Waals surface area contributed by atoms with E-state index in [0.29, 0.717) is 33.8 Å². The van der Waals surface area contributed by atoms with E-state index in [0.717, 1.165) is 29.9 Å². The van der Waals surface area contributed by atoms with E-state index in [-0.39, 0.29) is 25.1 Å². The van der Waals surface area contributed by atoms with Gasteiger partial charge in [0.15, 0.2) is 16.6 Å². The number of hydrogen-bond donors (Lipinski definition) is 0. The predicted molar refractivity (Wildman–Crippen MR) is 124 cm³/mol. The van der Waals surface area contributed by atoms with Gasteiger partial charge in [-0.3, -0.25) is 9.69 Å². The highest BCUT2D eigenvalue weighted by Crippen LogP contribution is 2.40. The van der Waals surface area contributed by atoms with Gasteiger partial charge >= 0.3 is 0 Å². The summed E-state index contributed by atoms with van der Waals surface area (Å²) < 4.78 is 11.9. The van der Waals surface area contributed by atoms with Crippen molar-refractivity contribution in [3.05, 3.63) is 47.0 Å². The van der Waals surface area contributed by atoms with Crippen LogP contribution in [-0.2, 0) is 0 Å². The van der Waals surface area contributed by atoms with Crippen molar-refractivity contribution in [1.29, 1.82) is 0 Å². The number of carbonyl (C=O) groups excluding carboxylic acids is 1. The molecule has 1 aliphatic heterocycles. The normalized spacial score (nSPS) is 12.3. The summed E-state index contributed by atoms with van der Waals surface area (Å²) in [6.45, 7) is 7.65. The number of halogens is 2. The molecule has 1 aromatic heterocycles. The van der Waals surface area contributed by atoms with E-state index >= 15 is 0 Å². The Hall–Kier alpha value is -2.06. The lowest BCUT2D eigenvalue weighted by Crippen LogP contribution is -2.38. The van der Waals surface area contributed by atoms with Crippen LogP contribution in [0.5, 0.6) is 11.5 Å². The van der Waals surface area contributed by atoms with Crippen LogP contribution in [0.3, 0.4) is 0 Å². The van der Waals surface area contributed by atoms with Crippen molar-refractivity contribution in [3.63, 3.8) is 0 Å². The van der Waals surface area contributed by atoms with E-state index in [4.69, 9.17) is 26.1 Å². The van der Waals surface area contributed by atoms with Gasteiger partial charge in [-0.2, -0.15) is 0 Å². The predicted octanol–water partition coefficient (Wildman–Crippen LogP) is 5.09. The Bertz CT molecular complexity index is 981. The highest BCUT2D eigenvalue weighted by atomic mass is 35.5. The smallest absolute Gasteiger partial charge is 0.260 e. The van der Waals surface area contributed by atoms with E-state index < -0.39 is 0 Å². The summed E-state index contributed by atoms with van der Waals surface area (Å²) in [4.78, 5) is 22.1. The number of rotatable bonds is 7. The van der Waals surface area contributed by atoms with Crippen LogP contribution in [-0.4, -0.2) is 48.8 Å². The summed E-state index contributed by atoms with van der Waals surface area (Å²) in [6, 6.07) is 10.8. The molecular weight excluding hydrogens is 445 g/mol. The van der Waals surface area contributed by atoms with Crippen LogP contribution in [0.15, 0.2) is 36.4 Å². The van der Waals surface area contributed by atoms with Crippen LogP contribution in [0, 0.1) is 0 Å². The molecular formula is C21H23Cl2N3O3S. The summed E-state index contributed by atoms with van der Waals surface area (Å²) in [6.07, 6.45) is 0. The molecule has 9 heteroatoms. The third-order valence-electron chi connectivity index (χ3n) is 4.97. The first-order valence-corrected chi connectivity index (χ1v) is 10.8. The fourth-order valence-corrected chi connectivity index (χ4v) is 4.36. The van der Waals surface area contributed by atoms with Gasteiger partial charge in [0.25, 0.3) is 5.91 Å². The molecule has 160 valence electrons. The molecule has 0 aliphatic carbocycles. The van der Waals surface area contributed by atoms with Crippen LogP contribution in [0.25, 0.3) is 10.2 Å². The van der Waals surface area contributed by atoms with E-state index in [9.17, 15) is 4.79 Å². The van der Waals surface area contributed by atoms with E-state index in [1.807, 2.05) is 12.1 Å². The van der Waals surface area contributed by atoms with Crippen molar-refractivity contribution in [3.8, 4) is 11.5 Å². The molecule has 0 N–H and O–H groups in total. The average molecular weight is 468 g/mol. The van der Waals surface area contributed by atoms with Crippen molar-refractivity contribution in [1.82, 2.24) is 9.88 Å². The molecule has 3 aromatic rings. The standard InChI is InChI=1S/C21H22ClN3O3S.ClH/c1-3-24(4-2)9-10-25(20(26)14-5-7-15(22)8-6-14)21-23-16-11-17-18(28-13-27-17)12-19(16)29-21;/h5-8,11-12H,3-4,9-10,13H2,1-2H3;1H. The highest BCUT2D eigenvalue weighted by molar-refractivity contribution is 7.22. The van der Waals surface area contributed by atoms with Gasteiger partial charge in [0.05, 0.1) is 10.2 Å². The van der Waals surface area contributed by atoms with Gasteiger partial charge in [0.1, 0.15) is 0 Å². The lowest BCUT2D eigenvalue weighted by Gasteiger charge is -2.24. The first-order valence-electron chi connectivity index (χ1n) is 9.59. The highest BCUT2D eigenvalue weighted by Gasteiger charge is 2.23. The van der Waals surface area contributed by atoms with Crippen LogP contribution in [0.4, 0.5) is 5.13 Å². The molecule has 0 radical (unpaired) electrons. The molecule has 30 heavy (non-hydrogen) atoms. The van der Waals surface area contributed by atoms with Crippen LogP contribution < -0.4 is 14.4 Å². The topological polar surface area (TPSA) is 54.9 Å². The minimum Gasteiger partial charge on any atom is -0.454 e. The zero-order valence-electron chi connectivity index (χ0n) is 16.8. The third kappa shape index (κ3) is 4.64. The number of aromatic nitrogens is 1. The van der Waals surface area contributed by atoms with Crippen molar-refractivity contribution in [2.75, 3.05) is 37.9 Å². The quantitative estimate of drug-likeness (QED) is 0.484. The lowest BCUT2D eigenvalue weighted by atomic mass is 10.2. The van der Waals surface area contributed by atoms with Gasteiger partial charge in [-0.1, -0.05) is 36.8 Å². The Morgan fingerprint density at radius 2 is 1.77 bits per heavy atom. The zero-order valence-corrected chi connectivity index (χ0v) is 19.1. The van der Waals surface area contributed by atoms with Gasteiger partial charge in [-0.15, -0.1) is 12.4 Å². The van der Waals surface area contributed by atoms with Gasteiger partial charge in [-0.05, 0) is 37.4 Å². The first-order chi connectivity index (χ1) is 14.1. The molecule has 6 nitrogen and oxygen atoms in total. The molecule has 4 rings (SSSR count). The second kappa shape index (κ2) is 9.83. The molecule has 2 heterocycles. The molecule has 1 amide bonds. The van der Waals surface area contributed by atoms with Crippen molar-refractivity contribution >= 4 is 56.6 Å². The van der Waals surface area contributed by atoms with Gasteiger partial charge in [0, 0.05) is 35.8 Å². The molecule has 1 aliphatic rings. The second-order valence-electron chi connectivity index (χ2n) is 6.66. The maximum absolute atomic E-state index is 13.3. The van der Waals surface area contributed by atoms with Crippen molar-refractivity contribution in [2.24, 2.45) is 0 Å².